The quantitative estimate of drug-likeness (QED) is 0.316. The first-order chi connectivity index (χ1) is 5.57. The first-order valence-corrected chi connectivity index (χ1v) is 4.58. The second-order valence-corrected chi connectivity index (χ2v) is 4.22. The highest BCUT2D eigenvalue weighted by molar-refractivity contribution is 8.00. The SMILES string of the molecule is NC1S[C@H](CO)[C@@H](O)[C@H](O)[C@H]1O. The normalized spacial score (nSPS) is 49.2. The summed E-state index contributed by atoms with van der Waals surface area (Å²) in [5.74, 6) is 0. The Morgan fingerprint density at radius 3 is 2.17 bits per heavy atom. The molecule has 1 unspecified atom stereocenters. The molecule has 0 aliphatic carbocycles. The maximum atomic E-state index is 9.28. The lowest BCUT2D eigenvalue weighted by atomic mass is 10.0. The Morgan fingerprint density at radius 2 is 1.67 bits per heavy atom. The minimum absolute atomic E-state index is 0.261. The zero-order valence-electron chi connectivity index (χ0n) is 6.37. The second kappa shape index (κ2) is 3.91. The van der Waals surface area contributed by atoms with E-state index in [1.807, 2.05) is 0 Å². The van der Waals surface area contributed by atoms with Gasteiger partial charge in [-0.05, 0) is 0 Å². The molecule has 0 saturated carbocycles. The van der Waals surface area contributed by atoms with E-state index in [0.29, 0.717) is 0 Å². The van der Waals surface area contributed by atoms with Crippen molar-refractivity contribution in [2.45, 2.75) is 28.9 Å². The molecular formula is C6H13NO4S. The molecule has 1 rings (SSSR count). The predicted molar refractivity (Wildman–Crippen MR) is 44.5 cm³/mol. The van der Waals surface area contributed by atoms with Crippen LogP contribution >= 0.6 is 11.8 Å². The van der Waals surface area contributed by atoms with Gasteiger partial charge in [0.05, 0.1) is 23.3 Å². The van der Waals surface area contributed by atoms with Gasteiger partial charge in [0.15, 0.2) is 0 Å². The van der Waals surface area contributed by atoms with Crippen LogP contribution in [0.5, 0.6) is 0 Å². The predicted octanol–water partition coefficient (Wildman–Crippen LogP) is -2.54. The van der Waals surface area contributed by atoms with Gasteiger partial charge in [0.25, 0.3) is 0 Å². The van der Waals surface area contributed by atoms with E-state index in [-0.39, 0.29) is 6.61 Å². The fraction of sp³-hybridized carbons (Fsp3) is 1.00. The van der Waals surface area contributed by atoms with Crippen molar-refractivity contribution in [3.63, 3.8) is 0 Å². The average molecular weight is 195 g/mol. The van der Waals surface area contributed by atoms with E-state index in [2.05, 4.69) is 0 Å². The van der Waals surface area contributed by atoms with Gasteiger partial charge in [0.2, 0.25) is 0 Å². The Morgan fingerprint density at radius 1 is 1.08 bits per heavy atom. The van der Waals surface area contributed by atoms with Crippen LogP contribution in [0, 0.1) is 0 Å². The largest absolute Gasteiger partial charge is 0.395 e. The van der Waals surface area contributed by atoms with Crippen molar-refractivity contribution in [3.8, 4) is 0 Å². The summed E-state index contributed by atoms with van der Waals surface area (Å²) >= 11 is 1.07. The van der Waals surface area contributed by atoms with Gasteiger partial charge in [-0.25, -0.2) is 0 Å². The molecule has 1 aliphatic rings. The fourth-order valence-electron chi connectivity index (χ4n) is 1.13. The summed E-state index contributed by atoms with van der Waals surface area (Å²) in [5, 5.41) is 35.3. The molecule has 1 saturated heterocycles. The molecule has 0 spiro atoms. The Labute approximate surface area is 74.2 Å². The molecule has 1 fully saturated rings. The first kappa shape index (κ1) is 10.2. The van der Waals surface area contributed by atoms with Crippen molar-refractivity contribution in [2.24, 2.45) is 5.73 Å². The minimum atomic E-state index is -1.27. The summed E-state index contributed by atoms with van der Waals surface area (Å²) in [4.78, 5) is 0. The van der Waals surface area contributed by atoms with Gasteiger partial charge in [0, 0.05) is 0 Å². The second-order valence-electron chi connectivity index (χ2n) is 2.79. The monoisotopic (exact) mass is 195 g/mol. The van der Waals surface area contributed by atoms with Gasteiger partial charge in [0.1, 0.15) is 12.2 Å². The number of aliphatic hydroxyl groups excluding tert-OH is 4. The van der Waals surface area contributed by atoms with Crippen molar-refractivity contribution in [2.75, 3.05) is 6.61 Å². The molecule has 1 aliphatic heterocycles. The minimum Gasteiger partial charge on any atom is -0.395 e. The molecule has 0 aromatic rings. The molecule has 1 heterocycles. The molecule has 0 amide bonds. The summed E-state index contributed by atoms with van der Waals surface area (Å²) in [6, 6.07) is 0. The average Bonchev–Trinajstić information content (AvgIpc) is 2.08. The Bertz CT molecular complexity index is 154. The van der Waals surface area contributed by atoms with Gasteiger partial charge in [-0.2, -0.15) is 0 Å². The molecule has 0 aromatic carbocycles. The van der Waals surface area contributed by atoms with Crippen molar-refractivity contribution < 1.29 is 20.4 Å². The highest BCUT2D eigenvalue weighted by Gasteiger charge is 2.41. The zero-order valence-corrected chi connectivity index (χ0v) is 7.18. The molecule has 72 valence electrons. The van der Waals surface area contributed by atoms with E-state index >= 15 is 0 Å². The van der Waals surface area contributed by atoms with Crippen LogP contribution in [0.3, 0.4) is 0 Å². The maximum Gasteiger partial charge on any atom is 0.109 e. The van der Waals surface area contributed by atoms with Crippen molar-refractivity contribution in [1.29, 1.82) is 0 Å². The van der Waals surface area contributed by atoms with Crippen LogP contribution in [-0.2, 0) is 0 Å². The van der Waals surface area contributed by atoms with E-state index < -0.39 is 28.9 Å². The number of aliphatic hydroxyl groups is 4. The van der Waals surface area contributed by atoms with Gasteiger partial charge in [-0.15, -0.1) is 11.8 Å². The van der Waals surface area contributed by atoms with Crippen LogP contribution in [0.25, 0.3) is 0 Å². The highest BCUT2D eigenvalue weighted by Crippen LogP contribution is 2.29. The molecule has 0 aromatic heterocycles. The third kappa shape index (κ3) is 1.73. The third-order valence-corrected chi connectivity index (χ3v) is 3.30. The van der Waals surface area contributed by atoms with E-state index in [1.165, 1.54) is 0 Å². The van der Waals surface area contributed by atoms with Crippen LogP contribution in [0.4, 0.5) is 0 Å². The summed E-state index contributed by atoms with van der Waals surface area (Å²) in [5.41, 5.74) is 5.43. The van der Waals surface area contributed by atoms with E-state index in [1.54, 1.807) is 0 Å². The summed E-state index contributed by atoms with van der Waals surface area (Å²) in [6.45, 7) is -0.261. The van der Waals surface area contributed by atoms with Crippen LogP contribution in [0.1, 0.15) is 0 Å². The van der Waals surface area contributed by atoms with Crippen LogP contribution in [-0.4, -0.2) is 56.0 Å². The molecule has 0 bridgehead atoms. The molecule has 5 atom stereocenters. The van der Waals surface area contributed by atoms with Crippen LogP contribution < -0.4 is 5.73 Å². The van der Waals surface area contributed by atoms with Gasteiger partial charge < -0.3 is 26.2 Å². The van der Waals surface area contributed by atoms with Gasteiger partial charge in [-0.3, -0.25) is 0 Å². The standard InChI is InChI=1S/C6H13NO4S/c7-6-5(11)4(10)3(9)2(1-8)12-6/h2-6,8-11H,1,7H2/t2-,3-,4+,5-,6?/m1/s1. The summed E-state index contributed by atoms with van der Waals surface area (Å²) < 4.78 is 0. The number of rotatable bonds is 1. The lowest BCUT2D eigenvalue weighted by Gasteiger charge is -2.37. The van der Waals surface area contributed by atoms with E-state index in [4.69, 9.17) is 10.8 Å². The lowest BCUT2D eigenvalue weighted by molar-refractivity contribution is -0.0690. The molecular weight excluding hydrogens is 182 g/mol. The van der Waals surface area contributed by atoms with Gasteiger partial charge >= 0.3 is 0 Å². The Balaban J connectivity index is 2.63. The van der Waals surface area contributed by atoms with E-state index in [9.17, 15) is 15.3 Å². The molecule has 12 heavy (non-hydrogen) atoms. The van der Waals surface area contributed by atoms with E-state index in [0.717, 1.165) is 11.8 Å². The topological polar surface area (TPSA) is 107 Å². The van der Waals surface area contributed by atoms with Crippen LogP contribution in [0.2, 0.25) is 0 Å². The molecule has 0 radical (unpaired) electrons. The molecule has 6 heteroatoms. The lowest BCUT2D eigenvalue weighted by Crippen LogP contribution is -2.56. The first-order valence-electron chi connectivity index (χ1n) is 3.64. The smallest absolute Gasteiger partial charge is 0.109 e. The van der Waals surface area contributed by atoms with Crippen molar-refractivity contribution >= 4 is 11.8 Å². The Hall–Kier alpha value is 0.150. The van der Waals surface area contributed by atoms with Crippen LogP contribution in [0.15, 0.2) is 0 Å². The Kier molecular flexibility index (Phi) is 3.33. The van der Waals surface area contributed by atoms with Crippen molar-refractivity contribution in [3.05, 3.63) is 0 Å². The van der Waals surface area contributed by atoms with Crippen molar-refractivity contribution in [1.82, 2.24) is 0 Å². The molecule has 5 nitrogen and oxygen atoms in total. The third-order valence-electron chi connectivity index (χ3n) is 1.93. The van der Waals surface area contributed by atoms with Gasteiger partial charge in [-0.1, -0.05) is 0 Å². The molecule has 6 N–H and O–H groups in total. The summed E-state index contributed by atoms with van der Waals surface area (Å²) in [7, 11) is 0. The number of hydrogen-bond donors (Lipinski definition) is 5. The zero-order chi connectivity index (χ0) is 9.30. The number of hydrogen-bond acceptors (Lipinski definition) is 6. The highest BCUT2D eigenvalue weighted by atomic mass is 32.2. The fourth-order valence-corrected chi connectivity index (χ4v) is 2.26. The number of thioether (sulfide) groups is 1. The number of nitrogens with two attached hydrogens (primary N) is 1. The summed E-state index contributed by atoms with van der Waals surface area (Å²) in [6.07, 6.45) is -3.51. The maximum absolute atomic E-state index is 9.28.